The van der Waals surface area contributed by atoms with E-state index in [1.54, 1.807) is 12.1 Å². The molecule has 2 heterocycles. The Balaban J connectivity index is 1.27. The molecule has 4 nitrogen and oxygen atoms in total. The van der Waals surface area contributed by atoms with Crippen molar-refractivity contribution in [1.29, 1.82) is 0 Å². The Bertz CT molecular complexity index is 852. The van der Waals surface area contributed by atoms with E-state index >= 15 is 0 Å². The number of fused-ring (bicyclic) bond motifs is 1. The molecule has 0 radical (unpaired) electrons. The van der Waals surface area contributed by atoms with Crippen LogP contribution in [-0.2, 0) is 11.2 Å². The van der Waals surface area contributed by atoms with Gasteiger partial charge >= 0.3 is 6.36 Å². The molecule has 2 aliphatic rings. The monoisotopic (exact) mass is 484 g/mol. The molecule has 30 heavy (non-hydrogen) atoms. The number of anilines is 1. The van der Waals surface area contributed by atoms with Crippen molar-refractivity contribution in [2.24, 2.45) is 0 Å². The number of piperazine rings is 1. The smallest absolute Gasteiger partial charge is 0.406 e. The Kier molecular flexibility index (Phi) is 6.55. The second kappa shape index (κ2) is 9.16. The first-order valence-electron chi connectivity index (χ1n) is 10.1. The van der Waals surface area contributed by atoms with Crippen LogP contribution in [-0.4, -0.2) is 50.6 Å². The second-order valence-corrected chi connectivity index (χ2v) is 8.53. The normalized spacial score (nSPS) is 20.1. The Hall–Kier alpha value is -1.77. The van der Waals surface area contributed by atoms with Crippen LogP contribution in [0.15, 0.2) is 46.9 Å². The molecular formula is C22H24BrF3N2O2. The molecule has 0 aromatic heterocycles. The topological polar surface area (TPSA) is 24.9 Å². The van der Waals surface area contributed by atoms with Crippen LogP contribution in [0.4, 0.5) is 18.9 Å². The van der Waals surface area contributed by atoms with Crippen LogP contribution in [0, 0.1) is 0 Å². The third-order valence-corrected chi connectivity index (χ3v) is 6.15. The zero-order chi connectivity index (χ0) is 21.1. The Morgan fingerprint density at radius 2 is 1.77 bits per heavy atom. The maximum atomic E-state index is 12.3. The molecule has 0 unspecified atom stereocenters. The van der Waals surface area contributed by atoms with E-state index in [0.717, 1.165) is 62.3 Å². The average molecular weight is 485 g/mol. The summed E-state index contributed by atoms with van der Waals surface area (Å²) in [7, 11) is 0. The van der Waals surface area contributed by atoms with Crippen molar-refractivity contribution >= 4 is 21.6 Å². The van der Waals surface area contributed by atoms with E-state index in [4.69, 9.17) is 4.74 Å². The van der Waals surface area contributed by atoms with Crippen molar-refractivity contribution in [3.05, 3.63) is 58.1 Å². The Morgan fingerprint density at radius 1 is 1.03 bits per heavy atom. The highest BCUT2D eigenvalue weighted by molar-refractivity contribution is 9.10. The fourth-order valence-corrected chi connectivity index (χ4v) is 4.54. The third-order valence-electron chi connectivity index (χ3n) is 5.66. The van der Waals surface area contributed by atoms with Crippen LogP contribution in [0.1, 0.15) is 23.7 Å². The summed E-state index contributed by atoms with van der Waals surface area (Å²) in [6.07, 6.45) is -2.61. The summed E-state index contributed by atoms with van der Waals surface area (Å²) in [6, 6.07) is 12.5. The van der Waals surface area contributed by atoms with Gasteiger partial charge in [-0.3, -0.25) is 4.90 Å². The summed E-state index contributed by atoms with van der Waals surface area (Å²) >= 11 is 3.54. The van der Waals surface area contributed by atoms with E-state index in [1.807, 2.05) is 0 Å². The molecule has 1 fully saturated rings. The molecule has 1 saturated heterocycles. The summed E-state index contributed by atoms with van der Waals surface area (Å²) in [6.45, 7) is 5.24. The van der Waals surface area contributed by atoms with Crippen molar-refractivity contribution < 1.29 is 22.6 Å². The maximum absolute atomic E-state index is 12.3. The highest BCUT2D eigenvalue weighted by Crippen LogP contribution is 2.32. The van der Waals surface area contributed by atoms with Crippen molar-refractivity contribution in [2.75, 3.05) is 44.2 Å². The van der Waals surface area contributed by atoms with Crippen LogP contribution in [0.25, 0.3) is 0 Å². The van der Waals surface area contributed by atoms with E-state index in [2.05, 4.69) is 48.7 Å². The van der Waals surface area contributed by atoms with Crippen LogP contribution >= 0.6 is 15.9 Å². The van der Waals surface area contributed by atoms with Crippen LogP contribution in [0.5, 0.6) is 5.75 Å². The summed E-state index contributed by atoms with van der Waals surface area (Å²) in [5.41, 5.74) is 3.58. The molecule has 4 rings (SSSR count). The fraction of sp³-hybridized carbons (Fsp3) is 0.455. The van der Waals surface area contributed by atoms with Crippen LogP contribution in [0.2, 0.25) is 0 Å². The Morgan fingerprint density at radius 3 is 2.47 bits per heavy atom. The molecule has 162 valence electrons. The summed E-state index contributed by atoms with van der Waals surface area (Å²) in [4.78, 5) is 4.62. The summed E-state index contributed by atoms with van der Waals surface area (Å²) < 4.78 is 48.0. The number of ether oxygens (including phenoxy) is 2. The van der Waals surface area contributed by atoms with Gasteiger partial charge in [0.25, 0.3) is 0 Å². The first-order chi connectivity index (χ1) is 14.4. The van der Waals surface area contributed by atoms with Gasteiger partial charge in [-0.1, -0.05) is 22.0 Å². The van der Waals surface area contributed by atoms with Gasteiger partial charge in [0, 0.05) is 42.9 Å². The zero-order valence-corrected chi connectivity index (χ0v) is 18.1. The lowest BCUT2D eigenvalue weighted by atomic mass is 9.95. The van der Waals surface area contributed by atoms with E-state index < -0.39 is 6.36 Å². The van der Waals surface area contributed by atoms with Crippen molar-refractivity contribution in [3.8, 4) is 5.75 Å². The predicted octanol–water partition coefficient (Wildman–Crippen LogP) is 5.17. The molecule has 0 bridgehead atoms. The molecule has 0 spiro atoms. The van der Waals surface area contributed by atoms with Gasteiger partial charge < -0.3 is 14.4 Å². The van der Waals surface area contributed by atoms with Gasteiger partial charge in [0.05, 0.1) is 12.7 Å². The first-order valence-corrected chi connectivity index (χ1v) is 10.9. The van der Waals surface area contributed by atoms with Crippen LogP contribution < -0.4 is 9.64 Å². The molecule has 0 aliphatic carbocycles. The number of nitrogens with zero attached hydrogens (tertiary/aromatic N) is 2. The minimum atomic E-state index is -4.66. The fourth-order valence-electron chi connectivity index (χ4n) is 4.13. The number of halogens is 4. The number of benzene rings is 2. The minimum Gasteiger partial charge on any atom is -0.406 e. The quantitative estimate of drug-likeness (QED) is 0.584. The van der Waals surface area contributed by atoms with Gasteiger partial charge in [-0.25, -0.2) is 0 Å². The highest BCUT2D eigenvalue weighted by Gasteiger charge is 2.31. The van der Waals surface area contributed by atoms with Crippen LogP contribution in [0.3, 0.4) is 0 Å². The zero-order valence-electron chi connectivity index (χ0n) is 16.5. The van der Waals surface area contributed by atoms with E-state index in [1.165, 1.54) is 23.3 Å². The van der Waals surface area contributed by atoms with Crippen molar-refractivity contribution in [2.45, 2.75) is 25.3 Å². The lowest BCUT2D eigenvalue weighted by Gasteiger charge is -2.37. The largest absolute Gasteiger partial charge is 0.573 e. The molecule has 0 saturated carbocycles. The average Bonchev–Trinajstić information content (AvgIpc) is 2.72. The van der Waals surface area contributed by atoms with Gasteiger partial charge in [0.15, 0.2) is 0 Å². The third kappa shape index (κ3) is 5.47. The number of rotatable bonds is 5. The minimum absolute atomic E-state index is 0.140. The molecule has 8 heteroatoms. The van der Waals surface area contributed by atoms with Gasteiger partial charge in [0.2, 0.25) is 0 Å². The lowest BCUT2D eigenvalue weighted by molar-refractivity contribution is -0.274. The molecule has 2 aromatic carbocycles. The number of hydrogen-bond donors (Lipinski definition) is 0. The number of hydrogen-bond acceptors (Lipinski definition) is 4. The van der Waals surface area contributed by atoms with Gasteiger partial charge in [-0.2, -0.15) is 0 Å². The summed E-state index contributed by atoms with van der Waals surface area (Å²) in [5.74, 6) is -0.190. The predicted molar refractivity (Wildman–Crippen MR) is 113 cm³/mol. The van der Waals surface area contributed by atoms with Crippen molar-refractivity contribution in [3.63, 3.8) is 0 Å². The Labute approximate surface area is 182 Å². The maximum Gasteiger partial charge on any atom is 0.573 e. The summed E-state index contributed by atoms with van der Waals surface area (Å²) in [5, 5.41) is 0. The van der Waals surface area contributed by atoms with Gasteiger partial charge in [-0.15, -0.1) is 13.2 Å². The molecule has 0 amide bonds. The number of alkyl halides is 3. The molecular weight excluding hydrogens is 461 g/mol. The van der Waals surface area contributed by atoms with E-state index in [0.29, 0.717) is 0 Å². The highest BCUT2D eigenvalue weighted by atomic mass is 79.9. The lowest BCUT2D eigenvalue weighted by Crippen LogP contribution is -2.46. The molecule has 1 atom stereocenters. The van der Waals surface area contributed by atoms with E-state index in [9.17, 15) is 13.2 Å². The van der Waals surface area contributed by atoms with Gasteiger partial charge in [-0.05, 0) is 60.4 Å². The standard InChI is InChI=1S/C22H24BrF3N2O2/c23-17-1-6-20-16(15-17)8-14-29-21(20)7-9-27-10-12-28(13-11-27)18-2-4-19(5-3-18)30-22(24,25)26/h1-6,15,21H,7-14H2/t21-/m0/s1. The van der Waals surface area contributed by atoms with Crippen molar-refractivity contribution in [1.82, 2.24) is 4.90 Å². The van der Waals surface area contributed by atoms with Gasteiger partial charge in [0.1, 0.15) is 5.75 Å². The SMILES string of the molecule is FC(F)(F)Oc1ccc(N2CCN(CC[C@@H]3OCCc4cc(Br)ccc43)CC2)cc1. The molecule has 0 N–H and O–H groups in total. The second-order valence-electron chi connectivity index (χ2n) is 7.61. The first kappa shape index (κ1) is 21.5. The molecule has 2 aliphatic heterocycles. The molecule has 2 aromatic rings. The van der Waals surface area contributed by atoms with E-state index in [-0.39, 0.29) is 11.9 Å².